The molecule has 0 spiro atoms. The third-order valence-corrected chi connectivity index (χ3v) is 4.40. The molecule has 0 amide bonds. The van der Waals surface area contributed by atoms with Gasteiger partial charge in [0.15, 0.2) is 12.4 Å². The Morgan fingerprint density at radius 1 is 1.10 bits per heavy atom. The van der Waals surface area contributed by atoms with Crippen molar-refractivity contribution < 1.29 is 18.4 Å². The summed E-state index contributed by atoms with van der Waals surface area (Å²) in [6.45, 7) is 3.77. The summed E-state index contributed by atoms with van der Waals surface area (Å²) < 4.78 is 23.8. The Kier molecular flexibility index (Phi) is 5.03. The lowest BCUT2D eigenvalue weighted by molar-refractivity contribution is 0.0432. The van der Waals surface area contributed by atoms with E-state index >= 15 is 0 Å². The third-order valence-electron chi connectivity index (χ3n) is 4.40. The minimum atomic E-state index is -0.531. The number of para-hydroxylation sites is 1. The van der Waals surface area contributed by atoms with E-state index in [1.54, 1.807) is 24.3 Å². The van der Waals surface area contributed by atoms with E-state index in [9.17, 15) is 9.18 Å². The average molecular weight is 391 g/mol. The summed E-state index contributed by atoms with van der Waals surface area (Å²) in [6.07, 6.45) is 0. The highest BCUT2D eigenvalue weighted by atomic mass is 19.1. The molecule has 146 valence electrons. The first kappa shape index (κ1) is 18.7. The monoisotopic (exact) mass is 391 g/mol. The molecule has 2 heterocycles. The van der Waals surface area contributed by atoms with Crippen LogP contribution in [0.15, 0.2) is 59.1 Å². The van der Waals surface area contributed by atoms with Crippen LogP contribution in [0, 0.1) is 5.82 Å². The summed E-state index contributed by atoms with van der Waals surface area (Å²) in [4.78, 5) is 21.6. The average Bonchev–Trinajstić information content (AvgIpc) is 3.21. The Morgan fingerprint density at radius 2 is 1.86 bits per heavy atom. The van der Waals surface area contributed by atoms with Crippen LogP contribution in [0.5, 0.6) is 0 Å². The lowest BCUT2D eigenvalue weighted by Crippen LogP contribution is -2.07. The number of pyridine rings is 1. The number of benzene rings is 2. The van der Waals surface area contributed by atoms with E-state index in [0.29, 0.717) is 33.5 Å². The molecule has 4 rings (SSSR count). The Balaban J connectivity index is 1.65. The molecule has 4 aromatic rings. The summed E-state index contributed by atoms with van der Waals surface area (Å²) in [5.74, 6) is 0.0412. The predicted octanol–water partition coefficient (Wildman–Crippen LogP) is 4.90. The predicted molar refractivity (Wildman–Crippen MR) is 105 cm³/mol. The zero-order valence-electron chi connectivity index (χ0n) is 15.9. The molecule has 0 unspecified atom stereocenters. The lowest BCUT2D eigenvalue weighted by Gasteiger charge is -2.09. The van der Waals surface area contributed by atoms with Gasteiger partial charge in [-0.25, -0.2) is 14.2 Å². The SMILES string of the molecule is CC(C)c1noc(COC(=O)c2cc(-c3ccc(F)cc3)nc3ccccc23)n1. The summed E-state index contributed by atoms with van der Waals surface area (Å²) in [5.41, 5.74) is 2.25. The number of nitrogens with zero attached hydrogens (tertiary/aromatic N) is 3. The number of esters is 1. The van der Waals surface area contributed by atoms with E-state index in [4.69, 9.17) is 9.26 Å². The van der Waals surface area contributed by atoms with E-state index in [0.717, 1.165) is 0 Å². The van der Waals surface area contributed by atoms with E-state index in [2.05, 4.69) is 15.1 Å². The molecule has 2 aromatic carbocycles. The fourth-order valence-electron chi connectivity index (χ4n) is 2.88. The Hall–Kier alpha value is -3.61. The number of fused-ring (bicyclic) bond motifs is 1. The van der Waals surface area contributed by atoms with Crippen LogP contribution in [0.3, 0.4) is 0 Å². The molecule has 7 heteroatoms. The van der Waals surface area contributed by atoms with Crippen molar-refractivity contribution in [2.24, 2.45) is 0 Å². The molecule has 0 aliphatic carbocycles. The van der Waals surface area contributed by atoms with Crippen molar-refractivity contribution in [1.29, 1.82) is 0 Å². The molecule has 0 atom stereocenters. The normalized spacial score (nSPS) is 11.2. The Bertz CT molecular complexity index is 1170. The van der Waals surface area contributed by atoms with Gasteiger partial charge in [-0.3, -0.25) is 0 Å². The molecule has 0 radical (unpaired) electrons. The first-order valence-corrected chi connectivity index (χ1v) is 9.16. The minimum Gasteiger partial charge on any atom is -0.452 e. The second kappa shape index (κ2) is 7.79. The van der Waals surface area contributed by atoms with Gasteiger partial charge >= 0.3 is 5.97 Å². The standard InChI is InChI=1S/C22H18FN3O3/c1-13(2)21-25-20(29-26-21)12-28-22(27)17-11-19(14-7-9-15(23)10-8-14)24-18-6-4-3-5-16(17)18/h3-11,13H,12H2,1-2H3. The van der Waals surface area contributed by atoms with Gasteiger partial charge in [-0.2, -0.15) is 4.98 Å². The second-order valence-electron chi connectivity index (χ2n) is 6.86. The van der Waals surface area contributed by atoms with E-state index < -0.39 is 5.97 Å². The van der Waals surface area contributed by atoms with E-state index in [1.165, 1.54) is 12.1 Å². The van der Waals surface area contributed by atoms with Crippen molar-refractivity contribution in [2.45, 2.75) is 26.4 Å². The van der Waals surface area contributed by atoms with Crippen LogP contribution in [0.2, 0.25) is 0 Å². The van der Waals surface area contributed by atoms with E-state index in [1.807, 2.05) is 32.0 Å². The largest absolute Gasteiger partial charge is 0.452 e. The maximum absolute atomic E-state index is 13.3. The molecule has 0 bridgehead atoms. The molecule has 2 aromatic heterocycles. The van der Waals surface area contributed by atoms with Crippen LogP contribution in [-0.4, -0.2) is 21.1 Å². The van der Waals surface area contributed by atoms with E-state index in [-0.39, 0.29) is 24.2 Å². The number of hydrogen-bond donors (Lipinski definition) is 0. The molecule has 0 fully saturated rings. The van der Waals surface area contributed by atoms with Crippen molar-refractivity contribution in [3.05, 3.63) is 77.7 Å². The Labute approximate surface area is 166 Å². The number of carbonyl (C=O) groups is 1. The molecule has 29 heavy (non-hydrogen) atoms. The number of rotatable bonds is 5. The molecule has 0 N–H and O–H groups in total. The molecule has 0 saturated heterocycles. The van der Waals surface area contributed by atoms with Gasteiger partial charge in [0.2, 0.25) is 0 Å². The molecule has 0 saturated carbocycles. The number of carbonyl (C=O) groups excluding carboxylic acids is 1. The molecule has 6 nitrogen and oxygen atoms in total. The van der Waals surface area contributed by atoms with Crippen LogP contribution < -0.4 is 0 Å². The van der Waals surface area contributed by atoms with Crippen LogP contribution in [0.4, 0.5) is 4.39 Å². The number of aromatic nitrogens is 3. The van der Waals surface area contributed by atoms with Crippen LogP contribution >= 0.6 is 0 Å². The highest BCUT2D eigenvalue weighted by Gasteiger charge is 2.17. The van der Waals surface area contributed by atoms with Crippen LogP contribution in [0.25, 0.3) is 22.2 Å². The maximum Gasteiger partial charge on any atom is 0.339 e. The van der Waals surface area contributed by atoms with Crippen molar-refractivity contribution >= 4 is 16.9 Å². The van der Waals surface area contributed by atoms with Crippen molar-refractivity contribution in [2.75, 3.05) is 0 Å². The van der Waals surface area contributed by atoms with Gasteiger partial charge in [0, 0.05) is 16.9 Å². The topological polar surface area (TPSA) is 78.1 Å². The summed E-state index contributed by atoms with van der Waals surface area (Å²) in [5, 5.41) is 4.52. The van der Waals surface area contributed by atoms with Crippen LogP contribution in [-0.2, 0) is 11.3 Å². The van der Waals surface area contributed by atoms with Crippen molar-refractivity contribution in [1.82, 2.24) is 15.1 Å². The number of halogens is 1. The molecular weight excluding hydrogens is 373 g/mol. The quantitative estimate of drug-likeness (QED) is 0.450. The number of hydrogen-bond acceptors (Lipinski definition) is 6. The number of ether oxygens (including phenoxy) is 1. The first-order chi connectivity index (χ1) is 14.0. The van der Waals surface area contributed by atoms with Gasteiger partial charge in [-0.05, 0) is 36.4 Å². The fourth-order valence-corrected chi connectivity index (χ4v) is 2.88. The highest BCUT2D eigenvalue weighted by Crippen LogP contribution is 2.26. The van der Waals surface area contributed by atoms with Crippen molar-refractivity contribution in [3.63, 3.8) is 0 Å². The first-order valence-electron chi connectivity index (χ1n) is 9.16. The van der Waals surface area contributed by atoms with Crippen LogP contribution in [0.1, 0.15) is 41.8 Å². The highest BCUT2D eigenvalue weighted by molar-refractivity contribution is 6.04. The summed E-state index contributed by atoms with van der Waals surface area (Å²) >= 11 is 0. The molecular formula is C22H18FN3O3. The summed E-state index contributed by atoms with van der Waals surface area (Å²) in [7, 11) is 0. The Morgan fingerprint density at radius 3 is 2.59 bits per heavy atom. The second-order valence-corrected chi connectivity index (χ2v) is 6.86. The zero-order valence-corrected chi connectivity index (χ0v) is 15.9. The smallest absolute Gasteiger partial charge is 0.339 e. The summed E-state index contributed by atoms with van der Waals surface area (Å²) in [6, 6.07) is 14.9. The van der Waals surface area contributed by atoms with Gasteiger partial charge in [-0.1, -0.05) is 37.2 Å². The van der Waals surface area contributed by atoms with Gasteiger partial charge < -0.3 is 9.26 Å². The maximum atomic E-state index is 13.3. The van der Waals surface area contributed by atoms with Gasteiger partial charge in [0.1, 0.15) is 5.82 Å². The van der Waals surface area contributed by atoms with Crippen molar-refractivity contribution in [3.8, 4) is 11.3 Å². The minimum absolute atomic E-state index is 0.116. The van der Waals surface area contributed by atoms with Gasteiger partial charge in [-0.15, -0.1) is 0 Å². The zero-order chi connectivity index (χ0) is 20.4. The van der Waals surface area contributed by atoms with Gasteiger partial charge in [0.05, 0.1) is 16.8 Å². The van der Waals surface area contributed by atoms with Gasteiger partial charge in [0.25, 0.3) is 5.89 Å². The molecule has 0 aliphatic rings. The third kappa shape index (κ3) is 3.99. The lowest BCUT2D eigenvalue weighted by atomic mass is 10.0. The fraction of sp³-hybridized carbons (Fsp3) is 0.182. The molecule has 0 aliphatic heterocycles.